The molecule has 0 aromatic heterocycles. The average molecular weight is 348 g/mol. The summed E-state index contributed by atoms with van der Waals surface area (Å²) in [6.45, 7) is 2.04. The van der Waals surface area contributed by atoms with Crippen LogP contribution in [-0.4, -0.2) is 49.8 Å². The molecule has 0 aliphatic carbocycles. The van der Waals surface area contributed by atoms with Crippen LogP contribution in [0, 0.1) is 0 Å². The van der Waals surface area contributed by atoms with E-state index in [4.69, 9.17) is 18.9 Å². The Morgan fingerprint density at radius 3 is 2.72 bits per heavy atom. The molecule has 1 fully saturated rings. The first kappa shape index (κ1) is 18.4. The maximum Gasteiger partial charge on any atom is 0.118 e. The fraction of sp³-hybridized carbons (Fsp3) is 0.600. The first-order valence-corrected chi connectivity index (χ1v) is 9.05. The summed E-state index contributed by atoms with van der Waals surface area (Å²) in [4.78, 5) is 0. The minimum atomic E-state index is -0.354. The van der Waals surface area contributed by atoms with Crippen LogP contribution in [-0.2, 0) is 20.8 Å². The van der Waals surface area contributed by atoms with E-state index in [1.807, 2.05) is 24.3 Å². The minimum Gasteiger partial charge on any atom is -0.497 e. The minimum absolute atomic E-state index is 0.00547. The molecular formula is C20H28O5. The Balaban J connectivity index is 1.31. The molecule has 1 aromatic carbocycles. The number of hydrogen-bond acceptors (Lipinski definition) is 5. The molecule has 0 amide bonds. The molecule has 0 saturated carbocycles. The quantitative estimate of drug-likeness (QED) is 0.400. The summed E-state index contributed by atoms with van der Waals surface area (Å²) in [5.74, 6) is 0.854. The zero-order valence-electron chi connectivity index (χ0n) is 14.8. The molecule has 2 aliphatic rings. The Morgan fingerprint density at radius 1 is 1.20 bits per heavy atom. The van der Waals surface area contributed by atoms with Gasteiger partial charge in [-0.3, -0.25) is 0 Å². The van der Waals surface area contributed by atoms with Crippen LogP contribution in [0.25, 0.3) is 0 Å². The van der Waals surface area contributed by atoms with Crippen molar-refractivity contribution in [1.29, 1.82) is 0 Å². The van der Waals surface area contributed by atoms with Gasteiger partial charge in [0.2, 0.25) is 0 Å². The van der Waals surface area contributed by atoms with Crippen molar-refractivity contribution in [2.45, 2.75) is 56.7 Å². The lowest BCUT2D eigenvalue weighted by molar-refractivity contribution is -0.0358. The van der Waals surface area contributed by atoms with Gasteiger partial charge in [-0.15, -0.1) is 0 Å². The van der Waals surface area contributed by atoms with Crippen molar-refractivity contribution < 1.29 is 24.1 Å². The number of aliphatic hydroxyl groups is 1. The second-order valence-electron chi connectivity index (χ2n) is 6.73. The third-order valence-electron chi connectivity index (χ3n) is 4.57. The molecule has 5 heteroatoms. The Bertz CT molecular complexity index is 538. The monoisotopic (exact) mass is 348 g/mol. The van der Waals surface area contributed by atoms with Crippen molar-refractivity contribution in [3.8, 4) is 5.75 Å². The van der Waals surface area contributed by atoms with E-state index in [1.54, 1.807) is 7.11 Å². The first-order chi connectivity index (χ1) is 12.2. The lowest BCUT2D eigenvalue weighted by atomic mass is 10.0. The number of benzene rings is 1. The lowest BCUT2D eigenvalue weighted by Gasteiger charge is -2.27. The van der Waals surface area contributed by atoms with Gasteiger partial charge < -0.3 is 24.1 Å². The highest BCUT2D eigenvalue weighted by atomic mass is 16.6. The fourth-order valence-corrected chi connectivity index (χ4v) is 3.05. The second-order valence-corrected chi connectivity index (χ2v) is 6.73. The molecular weight excluding hydrogens is 320 g/mol. The standard InChI is InChI=1S/C20H28O5/c1-22-17-7-5-15(6-8-17)13-23-10-9-18-3-2-4-19(25-18)11-16(21)12-20-14-24-20/h2,4-8,16,18-21H,3,9-14H2,1H3/t16-,18-,19-,20-/m0/s1. The predicted octanol–water partition coefficient (Wildman–Crippen LogP) is 2.86. The van der Waals surface area contributed by atoms with Crippen molar-refractivity contribution in [3.63, 3.8) is 0 Å². The highest BCUT2D eigenvalue weighted by molar-refractivity contribution is 5.26. The summed E-state index contributed by atoms with van der Waals surface area (Å²) in [5.41, 5.74) is 1.13. The van der Waals surface area contributed by atoms with Gasteiger partial charge >= 0.3 is 0 Å². The Morgan fingerprint density at radius 2 is 2.00 bits per heavy atom. The average Bonchev–Trinajstić information content (AvgIpc) is 3.43. The third kappa shape index (κ3) is 6.44. The molecule has 0 unspecified atom stereocenters. The smallest absolute Gasteiger partial charge is 0.118 e. The highest BCUT2D eigenvalue weighted by Crippen LogP contribution is 2.23. The largest absolute Gasteiger partial charge is 0.497 e. The molecule has 3 rings (SSSR count). The van der Waals surface area contributed by atoms with Crippen LogP contribution in [0.2, 0.25) is 0 Å². The maximum absolute atomic E-state index is 10.0. The van der Waals surface area contributed by atoms with Crippen molar-refractivity contribution in [1.82, 2.24) is 0 Å². The number of hydrogen-bond donors (Lipinski definition) is 1. The molecule has 4 atom stereocenters. The molecule has 0 bridgehead atoms. The number of methoxy groups -OCH3 is 1. The van der Waals surface area contributed by atoms with Gasteiger partial charge in [-0.25, -0.2) is 0 Å². The van der Waals surface area contributed by atoms with E-state index in [0.29, 0.717) is 26.1 Å². The Labute approximate surface area is 149 Å². The Hall–Kier alpha value is -1.40. The van der Waals surface area contributed by atoms with Gasteiger partial charge in [0.05, 0.1) is 44.7 Å². The van der Waals surface area contributed by atoms with Crippen LogP contribution in [0.4, 0.5) is 0 Å². The first-order valence-electron chi connectivity index (χ1n) is 9.05. The van der Waals surface area contributed by atoms with Gasteiger partial charge in [-0.1, -0.05) is 24.3 Å². The number of ether oxygens (including phenoxy) is 4. The predicted molar refractivity (Wildman–Crippen MR) is 94.7 cm³/mol. The van der Waals surface area contributed by atoms with Crippen LogP contribution in [0.5, 0.6) is 5.75 Å². The van der Waals surface area contributed by atoms with E-state index in [0.717, 1.165) is 30.8 Å². The normalized spacial score (nSPS) is 26.4. The van der Waals surface area contributed by atoms with Crippen LogP contribution < -0.4 is 4.74 Å². The molecule has 1 saturated heterocycles. The van der Waals surface area contributed by atoms with Crippen molar-refractivity contribution in [3.05, 3.63) is 42.0 Å². The third-order valence-corrected chi connectivity index (χ3v) is 4.57. The van der Waals surface area contributed by atoms with Crippen LogP contribution in [0.1, 0.15) is 31.2 Å². The molecule has 1 N–H and O–H groups in total. The van der Waals surface area contributed by atoms with Gasteiger partial charge in [-0.05, 0) is 30.5 Å². The van der Waals surface area contributed by atoms with Gasteiger partial charge in [0.15, 0.2) is 0 Å². The van der Waals surface area contributed by atoms with Gasteiger partial charge in [-0.2, -0.15) is 0 Å². The number of epoxide rings is 1. The summed E-state index contributed by atoms with van der Waals surface area (Å²) in [6.07, 6.45) is 7.39. The molecule has 138 valence electrons. The molecule has 0 radical (unpaired) electrons. The summed E-state index contributed by atoms with van der Waals surface area (Å²) in [5, 5.41) is 10.0. The van der Waals surface area contributed by atoms with Crippen molar-refractivity contribution >= 4 is 0 Å². The van der Waals surface area contributed by atoms with Gasteiger partial charge in [0.1, 0.15) is 5.75 Å². The fourth-order valence-electron chi connectivity index (χ4n) is 3.05. The van der Waals surface area contributed by atoms with Crippen LogP contribution >= 0.6 is 0 Å². The van der Waals surface area contributed by atoms with Gasteiger partial charge in [0, 0.05) is 19.4 Å². The summed E-state index contributed by atoms with van der Waals surface area (Å²) in [7, 11) is 1.66. The van der Waals surface area contributed by atoms with Gasteiger partial charge in [0.25, 0.3) is 0 Å². The molecule has 5 nitrogen and oxygen atoms in total. The summed E-state index contributed by atoms with van der Waals surface area (Å²) >= 11 is 0. The SMILES string of the molecule is COc1ccc(COCC[C@@H]2CC=C[C@@H](C[C@H](O)C[C@H]3CO3)O2)cc1. The molecule has 0 spiro atoms. The number of rotatable bonds is 10. The maximum atomic E-state index is 10.0. The molecule has 25 heavy (non-hydrogen) atoms. The highest BCUT2D eigenvalue weighted by Gasteiger charge is 2.28. The summed E-state index contributed by atoms with van der Waals surface area (Å²) < 4.78 is 22.1. The van der Waals surface area contributed by atoms with E-state index in [9.17, 15) is 5.11 Å². The van der Waals surface area contributed by atoms with Crippen LogP contribution in [0.15, 0.2) is 36.4 Å². The van der Waals surface area contributed by atoms with Crippen molar-refractivity contribution in [2.24, 2.45) is 0 Å². The number of aliphatic hydroxyl groups excluding tert-OH is 1. The zero-order chi connectivity index (χ0) is 17.5. The molecule has 2 aliphatic heterocycles. The van der Waals surface area contributed by atoms with Crippen LogP contribution in [0.3, 0.4) is 0 Å². The van der Waals surface area contributed by atoms with E-state index in [1.165, 1.54) is 0 Å². The van der Waals surface area contributed by atoms with E-state index in [-0.39, 0.29) is 24.4 Å². The van der Waals surface area contributed by atoms with Crippen molar-refractivity contribution in [2.75, 3.05) is 20.3 Å². The van der Waals surface area contributed by atoms with E-state index >= 15 is 0 Å². The molecule has 2 heterocycles. The van der Waals surface area contributed by atoms with E-state index in [2.05, 4.69) is 12.2 Å². The second kappa shape index (κ2) is 9.34. The lowest BCUT2D eigenvalue weighted by Crippen LogP contribution is -2.29. The zero-order valence-corrected chi connectivity index (χ0v) is 14.8. The Kier molecular flexibility index (Phi) is 6.87. The van der Waals surface area contributed by atoms with E-state index < -0.39 is 0 Å². The molecule has 1 aromatic rings. The topological polar surface area (TPSA) is 60.5 Å². The summed E-state index contributed by atoms with van der Waals surface area (Å²) in [6, 6.07) is 7.91.